The van der Waals surface area contributed by atoms with Gasteiger partial charge in [0.15, 0.2) is 0 Å². The first-order chi connectivity index (χ1) is 14.1. The van der Waals surface area contributed by atoms with Gasteiger partial charge < -0.3 is 9.88 Å². The molecule has 0 unspecified atom stereocenters. The van der Waals surface area contributed by atoms with Gasteiger partial charge in [0.25, 0.3) is 0 Å². The number of anilines is 1. The molecule has 2 aromatic heterocycles. The molecule has 0 saturated carbocycles. The summed E-state index contributed by atoms with van der Waals surface area (Å²) in [4.78, 5) is 38.5. The Morgan fingerprint density at radius 1 is 1.17 bits per heavy atom. The van der Waals surface area contributed by atoms with Crippen molar-refractivity contribution in [2.45, 2.75) is 26.2 Å². The number of hydrogen-bond acceptors (Lipinski definition) is 5. The van der Waals surface area contributed by atoms with Crippen LogP contribution in [0.15, 0.2) is 42.9 Å². The van der Waals surface area contributed by atoms with Crippen molar-refractivity contribution in [3.63, 3.8) is 0 Å². The van der Waals surface area contributed by atoms with E-state index in [0.717, 1.165) is 22.0 Å². The fourth-order valence-electron chi connectivity index (χ4n) is 3.69. The maximum atomic E-state index is 12.4. The van der Waals surface area contributed by atoms with Crippen LogP contribution < -0.4 is 15.8 Å². The number of amides is 2. The summed E-state index contributed by atoms with van der Waals surface area (Å²) < 4.78 is 0. The number of piperidine rings is 1. The second-order valence-corrected chi connectivity index (χ2v) is 7.39. The Balaban J connectivity index is 1.26. The molecule has 0 atom stereocenters. The van der Waals surface area contributed by atoms with E-state index in [4.69, 9.17) is 0 Å². The second-order valence-electron chi connectivity index (χ2n) is 7.39. The fraction of sp³-hybridized carbons (Fsp3) is 0.333. The molecular weight excluding hydrogens is 368 g/mol. The molecule has 4 rings (SSSR count). The van der Waals surface area contributed by atoms with Gasteiger partial charge in [0.2, 0.25) is 17.8 Å². The number of fused-ring (bicyclic) bond motifs is 1. The van der Waals surface area contributed by atoms with Crippen LogP contribution in [0.25, 0.3) is 10.9 Å². The van der Waals surface area contributed by atoms with Crippen molar-refractivity contribution < 1.29 is 9.59 Å². The van der Waals surface area contributed by atoms with E-state index in [2.05, 4.69) is 30.7 Å². The molecule has 3 heterocycles. The Morgan fingerprint density at radius 3 is 2.69 bits per heavy atom. The topological polar surface area (TPSA) is 103 Å². The summed E-state index contributed by atoms with van der Waals surface area (Å²) in [5.74, 6) is 0.163. The first-order valence-electron chi connectivity index (χ1n) is 9.77. The number of H-pyrrole nitrogens is 1. The van der Waals surface area contributed by atoms with E-state index in [9.17, 15) is 9.59 Å². The minimum Gasteiger partial charge on any atom is -0.361 e. The van der Waals surface area contributed by atoms with Crippen LogP contribution >= 0.6 is 0 Å². The highest BCUT2D eigenvalue weighted by molar-refractivity contribution is 5.90. The number of benzene rings is 1. The standard InChI is InChI=1S/C21H24N6O2/c1-14-3-4-17-16(13-24-18(17)11-14)12-19(28)25-26-20(29)15-5-9-27(10-6-15)21-22-7-2-8-23-21/h2-4,7-8,11,13,15,24H,5-6,9-10,12H2,1H3,(H,25,28)(H,26,29). The molecule has 1 aliphatic heterocycles. The van der Waals surface area contributed by atoms with Crippen LogP contribution in [0.3, 0.4) is 0 Å². The average molecular weight is 392 g/mol. The second kappa shape index (κ2) is 8.30. The molecular formula is C21H24N6O2. The maximum absolute atomic E-state index is 12.4. The van der Waals surface area contributed by atoms with E-state index >= 15 is 0 Å². The Morgan fingerprint density at radius 2 is 1.93 bits per heavy atom. The van der Waals surface area contributed by atoms with Crippen LogP contribution in [0.5, 0.6) is 0 Å². The monoisotopic (exact) mass is 392 g/mol. The molecule has 1 fully saturated rings. The van der Waals surface area contributed by atoms with Gasteiger partial charge in [0, 0.05) is 48.5 Å². The summed E-state index contributed by atoms with van der Waals surface area (Å²) in [5, 5.41) is 1.02. The number of aryl methyl sites for hydroxylation is 1. The van der Waals surface area contributed by atoms with E-state index in [1.165, 1.54) is 0 Å². The zero-order chi connectivity index (χ0) is 20.2. The first-order valence-corrected chi connectivity index (χ1v) is 9.77. The summed E-state index contributed by atoms with van der Waals surface area (Å²) in [6.45, 7) is 3.45. The van der Waals surface area contributed by atoms with E-state index < -0.39 is 0 Å². The molecule has 0 spiro atoms. The van der Waals surface area contributed by atoms with Crippen molar-refractivity contribution in [3.05, 3.63) is 54.0 Å². The minimum absolute atomic E-state index is 0.133. The number of hydrogen-bond donors (Lipinski definition) is 3. The number of nitrogens with one attached hydrogen (secondary N) is 3. The summed E-state index contributed by atoms with van der Waals surface area (Å²) in [6, 6.07) is 7.86. The minimum atomic E-state index is -0.241. The zero-order valence-electron chi connectivity index (χ0n) is 16.3. The Labute approximate surface area is 168 Å². The van der Waals surface area contributed by atoms with Crippen molar-refractivity contribution >= 4 is 28.7 Å². The molecule has 3 aromatic rings. The lowest BCUT2D eigenvalue weighted by Crippen LogP contribution is -2.48. The van der Waals surface area contributed by atoms with Gasteiger partial charge in [-0.05, 0) is 43.0 Å². The van der Waals surface area contributed by atoms with Crippen LogP contribution in [0.4, 0.5) is 5.95 Å². The quantitative estimate of drug-likeness (QED) is 0.588. The number of aromatic amines is 1. The lowest BCUT2D eigenvalue weighted by atomic mass is 9.96. The maximum Gasteiger partial charge on any atom is 0.242 e. The van der Waals surface area contributed by atoms with Crippen LogP contribution in [-0.2, 0) is 16.0 Å². The predicted octanol–water partition coefficient (Wildman–Crippen LogP) is 1.87. The van der Waals surface area contributed by atoms with Gasteiger partial charge in [0.1, 0.15) is 0 Å². The summed E-state index contributed by atoms with van der Waals surface area (Å²) in [7, 11) is 0. The van der Waals surface area contributed by atoms with Gasteiger partial charge in [-0.2, -0.15) is 0 Å². The average Bonchev–Trinajstić information content (AvgIpc) is 3.14. The van der Waals surface area contributed by atoms with Gasteiger partial charge in [-0.3, -0.25) is 20.4 Å². The molecule has 1 aromatic carbocycles. The molecule has 0 radical (unpaired) electrons. The number of carbonyl (C=O) groups excluding carboxylic acids is 2. The number of carbonyl (C=O) groups is 2. The SMILES string of the molecule is Cc1ccc2c(CC(=O)NNC(=O)C3CCN(c4ncccn4)CC3)c[nH]c2c1. The highest BCUT2D eigenvalue weighted by atomic mass is 16.2. The van der Waals surface area contributed by atoms with Crippen molar-refractivity contribution in [3.8, 4) is 0 Å². The fourth-order valence-corrected chi connectivity index (χ4v) is 3.69. The third kappa shape index (κ3) is 4.37. The molecule has 8 heteroatoms. The molecule has 29 heavy (non-hydrogen) atoms. The van der Waals surface area contributed by atoms with E-state index in [1.807, 2.05) is 31.3 Å². The molecule has 0 bridgehead atoms. The zero-order valence-corrected chi connectivity index (χ0v) is 16.3. The van der Waals surface area contributed by atoms with Crippen molar-refractivity contribution in [1.82, 2.24) is 25.8 Å². The van der Waals surface area contributed by atoms with Gasteiger partial charge >= 0.3 is 0 Å². The summed E-state index contributed by atoms with van der Waals surface area (Å²) in [6.07, 6.45) is 6.86. The van der Waals surface area contributed by atoms with Gasteiger partial charge in [0.05, 0.1) is 6.42 Å². The van der Waals surface area contributed by atoms with Gasteiger partial charge in [-0.15, -0.1) is 0 Å². The highest BCUT2D eigenvalue weighted by Crippen LogP contribution is 2.21. The molecule has 0 aliphatic carbocycles. The molecule has 8 nitrogen and oxygen atoms in total. The van der Waals surface area contributed by atoms with Crippen molar-refractivity contribution in [2.24, 2.45) is 5.92 Å². The lowest BCUT2D eigenvalue weighted by molar-refractivity contribution is -0.131. The normalized spacial score (nSPS) is 14.7. The third-order valence-electron chi connectivity index (χ3n) is 5.30. The van der Waals surface area contributed by atoms with Crippen LogP contribution in [0.1, 0.15) is 24.0 Å². The molecule has 2 amide bonds. The van der Waals surface area contributed by atoms with Crippen molar-refractivity contribution in [1.29, 1.82) is 0 Å². The number of aromatic nitrogens is 3. The smallest absolute Gasteiger partial charge is 0.242 e. The molecule has 150 valence electrons. The highest BCUT2D eigenvalue weighted by Gasteiger charge is 2.26. The number of rotatable bonds is 4. The Bertz CT molecular complexity index is 1010. The van der Waals surface area contributed by atoms with Gasteiger partial charge in [-0.25, -0.2) is 9.97 Å². The Hall–Kier alpha value is -3.42. The first kappa shape index (κ1) is 18.9. The molecule has 1 aliphatic rings. The van der Waals surface area contributed by atoms with E-state index in [1.54, 1.807) is 18.5 Å². The number of hydrazine groups is 1. The largest absolute Gasteiger partial charge is 0.361 e. The molecule has 3 N–H and O–H groups in total. The third-order valence-corrected chi connectivity index (χ3v) is 5.30. The number of nitrogens with zero attached hydrogens (tertiary/aromatic N) is 3. The summed E-state index contributed by atoms with van der Waals surface area (Å²) >= 11 is 0. The predicted molar refractivity (Wildman–Crippen MR) is 110 cm³/mol. The van der Waals surface area contributed by atoms with Crippen LogP contribution in [-0.4, -0.2) is 39.9 Å². The molecule has 1 saturated heterocycles. The summed E-state index contributed by atoms with van der Waals surface area (Å²) in [5.41, 5.74) is 8.19. The van der Waals surface area contributed by atoms with E-state index in [0.29, 0.717) is 31.9 Å². The van der Waals surface area contributed by atoms with E-state index in [-0.39, 0.29) is 24.2 Å². The van der Waals surface area contributed by atoms with Crippen LogP contribution in [0.2, 0.25) is 0 Å². The lowest BCUT2D eigenvalue weighted by Gasteiger charge is -2.31. The Kier molecular flexibility index (Phi) is 5.41. The van der Waals surface area contributed by atoms with Crippen LogP contribution in [0, 0.1) is 12.8 Å². The van der Waals surface area contributed by atoms with Gasteiger partial charge in [-0.1, -0.05) is 12.1 Å². The van der Waals surface area contributed by atoms with Crippen molar-refractivity contribution in [2.75, 3.05) is 18.0 Å².